The van der Waals surface area contributed by atoms with Crippen LogP contribution in [0.25, 0.3) is 0 Å². The number of rotatable bonds is 7. The highest BCUT2D eigenvalue weighted by Crippen LogP contribution is 2.21. The lowest BCUT2D eigenvalue weighted by molar-refractivity contribution is -0.165. The standard InChI is InChI=1S/C20H21F3N6O3/c21-20(22,23)15(30)8-11-29-9-6-13(7-10-29)17(31)32-12-16-26-18(24)28-19(27-16)25-14-4-2-1-3-5-14/h1-5,8,11,13H,6-7,9-10,12H2,(H3,24,25,26,27,28). The van der Waals surface area contributed by atoms with E-state index in [1.54, 1.807) is 4.90 Å². The lowest BCUT2D eigenvalue weighted by Gasteiger charge is -2.29. The Kier molecular flexibility index (Phi) is 7.23. The molecule has 0 bridgehead atoms. The van der Waals surface area contributed by atoms with Crippen molar-refractivity contribution in [3.8, 4) is 0 Å². The average molecular weight is 450 g/mol. The van der Waals surface area contributed by atoms with Crippen LogP contribution in [0.3, 0.4) is 0 Å². The zero-order valence-corrected chi connectivity index (χ0v) is 16.9. The van der Waals surface area contributed by atoms with E-state index < -0.39 is 23.8 Å². The SMILES string of the molecule is Nc1nc(COC(=O)C2CCN(C=CC(=O)C(F)(F)F)CC2)nc(Nc2ccccc2)n1. The second-order valence-corrected chi connectivity index (χ2v) is 7.02. The molecular weight excluding hydrogens is 429 g/mol. The molecule has 1 aliphatic heterocycles. The predicted molar refractivity (Wildman–Crippen MR) is 108 cm³/mol. The third-order valence-electron chi connectivity index (χ3n) is 4.65. The molecule has 170 valence electrons. The molecule has 1 aliphatic rings. The average Bonchev–Trinajstić information content (AvgIpc) is 2.76. The van der Waals surface area contributed by atoms with Gasteiger partial charge in [-0.15, -0.1) is 0 Å². The maximum absolute atomic E-state index is 12.4. The predicted octanol–water partition coefficient (Wildman–Crippen LogP) is 2.60. The summed E-state index contributed by atoms with van der Waals surface area (Å²) < 4.78 is 42.0. The number of allylic oxidation sites excluding steroid dienone is 1. The maximum atomic E-state index is 12.4. The molecule has 0 aliphatic carbocycles. The van der Waals surface area contributed by atoms with Crippen molar-refractivity contribution in [2.75, 3.05) is 24.1 Å². The van der Waals surface area contributed by atoms with Crippen molar-refractivity contribution in [2.24, 2.45) is 5.92 Å². The number of hydrogen-bond donors (Lipinski definition) is 2. The van der Waals surface area contributed by atoms with E-state index in [1.807, 2.05) is 30.3 Å². The van der Waals surface area contributed by atoms with E-state index in [1.165, 1.54) is 0 Å². The number of hydrogen-bond acceptors (Lipinski definition) is 9. The largest absolute Gasteiger partial charge is 0.457 e. The highest BCUT2D eigenvalue weighted by molar-refractivity contribution is 5.94. The minimum Gasteiger partial charge on any atom is -0.457 e. The number of para-hydroxylation sites is 1. The number of aromatic nitrogens is 3. The summed E-state index contributed by atoms with van der Waals surface area (Å²) in [5.41, 5.74) is 6.45. The zero-order chi connectivity index (χ0) is 23.1. The van der Waals surface area contributed by atoms with Crippen molar-refractivity contribution < 1.29 is 27.5 Å². The number of piperidine rings is 1. The number of ketones is 1. The molecule has 0 saturated carbocycles. The molecule has 32 heavy (non-hydrogen) atoms. The Bertz CT molecular complexity index is 976. The molecule has 0 unspecified atom stereocenters. The first-order valence-electron chi connectivity index (χ1n) is 9.73. The number of esters is 1. The van der Waals surface area contributed by atoms with Gasteiger partial charge in [-0.2, -0.15) is 28.1 Å². The monoisotopic (exact) mass is 450 g/mol. The first-order valence-corrected chi connectivity index (χ1v) is 9.73. The molecule has 1 saturated heterocycles. The fraction of sp³-hybridized carbons (Fsp3) is 0.350. The summed E-state index contributed by atoms with van der Waals surface area (Å²) >= 11 is 0. The smallest absolute Gasteiger partial charge is 0.454 e. The summed E-state index contributed by atoms with van der Waals surface area (Å²) in [7, 11) is 0. The van der Waals surface area contributed by atoms with Gasteiger partial charge in [0.2, 0.25) is 11.9 Å². The van der Waals surface area contributed by atoms with Gasteiger partial charge in [0.25, 0.3) is 5.78 Å². The summed E-state index contributed by atoms with van der Waals surface area (Å²) in [5, 5.41) is 2.98. The fourth-order valence-corrected chi connectivity index (χ4v) is 3.01. The molecule has 9 nitrogen and oxygen atoms in total. The molecule has 3 N–H and O–H groups in total. The topological polar surface area (TPSA) is 123 Å². The number of nitrogens with zero attached hydrogens (tertiary/aromatic N) is 4. The second kappa shape index (κ2) is 10.1. The number of carbonyl (C=O) groups excluding carboxylic acids is 2. The number of nitrogen functional groups attached to an aromatic ring is 1. The van der Waals surface area contributed by atoms with Crippen LogP contribution in [-0.2, 0) is 20.9 Å². The number of halogens is 3. The van der Waals surface area contributed by atoms with Crippen LogP contribution in [0, 0.1) is 5.92 Å². The van der Waals surface area contributed by atoms with Crippen LogP contribution in [-0.4, -0.2) is 50.9 Å². The van der Waals surface area contributed by atoms with Gasteiger partial charge in [0.1, 0.15) is 0 Å². The van der Waals surface area contributed by atoms with Crippen molar-refractivity contribution in [3.63, 3.8) is 0 Å². The third kappa shape index (κ3) is 6.65. The van der Waals surface area contributed by atoms with Gasteiger partial charge >= 0.3 is 12.1 Å². The van der Waals surface area contributed by atoms with Gasteiger partial charge in [0, 0.05) is 31.1 Å². The normalized spacial score (nSPS) is 15.0. The van der Waals surface area contributed by atoms with Crippen molar-refractivity contribution >= 4 is 29.3 Å². The van der Waals surface area contributed by atoms with E-state index in [0.29, 0.717) is 32.0 Å². The van der Waals surface area contributed by atoms with Crippen LogP contribution < -0.4 is 11.1 Å². The molecule has 0 spiro atoms. The van der Waals surface area contributed by atoms with Gasteiger partial charge in [-0.05, 0) is 25.0 Å². The van der Waals surface area contributed by atoms with Crippen molar-refractivity contribution in [3.05, 3.63) is 48.4 Å². The minimum atomic E-state index is -4.90. The van der Waals surface area contributed by atoms with E-state index in [4.69, 9.17) is 10.5 Å². The lowest BCUT2D eigenvalue weighted by Crippen LogP contribution is -2.34. The Hall–Kier alpha value is -3.70. The molecule has 1 aromatic carbocycles. The molecule has 1 aromatic heterocycles. The molecule has 0 radical (unpaired) electrons. The fourth-order valence-electron chi connectivity index (χ4n) is 3.01. The lowest BCUT2D eigenvalue weighted by atomic mass is 9.97. The number of likely N-dealkylation sites (tertiary alicyclic amines) is 1. The number of nitrogens with two attached hydrogens (primary N) is 1. The summed E-state index contributed by atoms with van der Waals surface area (Å²) in [6, 6.07) is 9.18. The van der Waals surface area contributed by atoms with E-state index >= 15 is 0 Å². The number of nitrogens with one attached hydrogen (secondary N) is 1. The molecule has 0 amide bonds. The number of anilines is 3. The van der Waals surface area contributed by atoms with E-state index in [2.05, 4.69) is 20.3 Å². The van der Waals surface area contributed by atoms with Gasteiger partial charge in [-0.1, -0.05) is 18.2 Å². The maximum Gasteiger partial charge on any atom is 0.454 e. The van der Waals surface area contributed by atoms with Crippen molar-refractivity contribution in [1.29, 1.82) is 0 Å². The van der Waals surface area contributed by atoms with E-state index in [0.717, 1.165) is 11.9 Å². The summed E-state index contributed by atoms with van der Waals surface area (Å²) in [4.78, 5) is 37.0. The second-order valence-electron chi connectivity index (χ2n) is 7.02. The first-order chi connectivity index (χ1) is 15.2. The van der Waals surface area contributed by atoms with Crippen LogP contribution >= 0.6 is 0 Å². The molecule has 0 atom stereocenters. The Labute approximate surface area is 181 Å². The number of ether oxygens (including phenoxy) is 1. The summed E-state index contributed by atoms with van der Waals surface area (Å²) in [5.74, 6) is -2.44. The van der Waals surface area contributed by atoms with Crippen LogP contribution in [0.1, 0.15) is 18.7 Å². The van der Waals surface area contributed by atoms with Crippen LogP contribution in [0.5, 0.6) is 0 Å². The molecule has 1 fully saturated rings. The van der Waals surface area contributed by atoms with Gasteiger partial charge in [0.15, 0.2) is 12.4 Å². The highest BCUT2D eigenvalue weighted by Gasteiger charge is 2.36. The number of carbonyl (C=O) groups is 2. The first kappa shape index (κ1) is 23.0. The quantitative estimate of drug-likeness (QED) is 0.484. The number of benzene rings is 1. The van der Waals surface area contributed by atoms with Crippen LogP contribution in [0.2, 0.25) is 0 Å². The van der Waals surface area contributed by atoms with Gasteiger partial charge < -0.3 is 20.7 Å². The summed E-state index contributed by atoms with van der Waals surface area (Å²) in [6.45, 7) is 0.450. The third-order valence-corrected chi connectivity index (χ3v) is 4.65. The van der Waals surface area contributed by atoms with Crippen LogP contribution in [0.4, 0.5) is 30.8 Å². The molecule has 3 rings (SSSR count). The molecule has 12 heteroatoms. The summed E-state index contributed by atoms with van der Waals surface area (Å²) in [6.07, 6.45) is -2.54. The van der Waals surface area contributed by atoms with Crippen molar-refractivity contribution in [1.82, 2.24) is 19.9 Å². The Morgan fingerprint density at radius 1 is 1.16 bits per heavy atom. The molecule has 2 aromatic rings. The molecule has 2 heterocycles. The Balaban J connectivity index is 1.49. The highest BCUT2D eigenvalue weighted by atomic mass is 19.4. The van der Waals surface area contributed by atoms with Gasteiger partial charge in [0.05, 0.1) is 5.92 Å². The van der Waals surface area contributed by atoms with E-state index in [-0.39, 0.29) is 24.3 Å². The minimum absolute atomic E-state index is 0.0296. The van der Waals surface area contributed by atoms with Crippen LogP contribution in [0.15, 0.2) is 42.6 Å². The van der Waals surface area contributed by atoms with Gasteiger partial charge in [-0.3, -0.25) is 9.59 Å². The number of alkyl halides is 3. The Morgan fingerprint density at radius 3 is 2.50 bits per heavy atom. The van der Waals surface area contributed by atoms with E-state index in [9.17, 15) is 22.8 Å². The zero-order valence-electron chi connectivity index (χ0n) is 16.9. The van der Waals surface area contributed by atoms with Crippen molar-refractivity contribution in [2.45, 2.75) is 25.6 Å². The molecular formula is C20H21F3N6O3. The van der Waals surface area contributed by atoms with Gasteiger partial charge in [-0.25, -0.2) is 0 Å². The Morgan fingerprint density at radius 2 is 1.84 bits per heavy atom.